The van der Waals surface area contributed by atoms with Gasteiger partial charge < -0.3 is 14.6 Å². The molecule has 4 aromatic carbocycles. The molecule has 3 nitrogen and oxygen atoms in total. The molecular weight excluding hydrogens is 380 g/mol. The number of methoxy groups -OCH3 is 1. The molecule has 0 aliphatic carbocycles. The minimum absolute atomic E-state index is 0.857. The first-order valence-electron chi connectivity index (χ1n) is 10.7. The van der Waals surface area contributed by atoms with Crippen molar-refractivity contribution in [2.24, 2.45) is 0 Å². The third kappa shape index (κ3) is 3.75. The van der Waals surface area contributed by atoms with Crippen LogP contribution in [0.3, 0.4) is 0 Å². The number of hydrogen-bond donors (Lipinski definition) is 1. The normalized spacial score (nSPS) is 11.2. The van der Waals surface area contributed by atoms with Crippen molar-refractivity contribution in [3.05, 3.63) is 102 Å². The lowest BCUT2D eigenvalue weighted by Gasteiger charge is -2.10. The second-order valence-corrected chi connectivity index (χ2v) is 7.86. The van der Waals surface area contributed by atoms with E-state index < -0.39 is 0 Å². The third-order valence-corrected chi connectivity index (χ3v) is 5.92. The van der Waals surface area contributed by atoms with Gasteiger partial charge in [-0.1, -0.05) is 49.4 Å². The molecule has 0 spiro atoms. The molecule has 0 radical (unpaired) electrons. The van der Waals surface area contributed by atoms with Crippen molar-refractivity contribution in [3.63, 3.8) is 0 Å². The van der Waals surface area contributed by atoms with Gasteiger partial charge in [0.25, 0.3) is 0 Å². The minimum Gasteiger partial charge on any atom is -0.497 e. The van der Waals surface area contributed by atoms with Crippen LogP contribution in [-0.2, 0) is 13.0 Å². The number of rotatable bonds is 6. The summed E-state index contributed by atoms with van der Waals surface area (Å²) in [6, 6.07) is 32.3. The van der Waals surface area contributed by atoms with Crippen molar-refractivity contribution < 1.29 is 4.74 Å². The highest BCUT2D eigenvalue weighted by atomic mass is 16.5. The minimum atomic E-state index is 0.857. The van der Waals surface area contributed by atoms with E-state index in [1.165, 1.54) is 32.9 Å². The lowest BCUT2D eigenvalue weighted by molar-refractivity contribution is 0.415. The molecule has 1 heterocycles. The highest BCUT2D eigenvalue weighted by Crippen LogP contribution is 2.32. The standard InChI is InChI=1S/C28H26N2O/c1-3-20-8-10-21(11-9-20)19-30-27-7-5-4-6-25(27)26-18-23(14-17-28(26)30)29-22-12-15-24(31-2)16-13-22/h4-18,29H,3,19H2,1-2H3. The molecule has 1 N–H and O–H groups in total. The fourth-order valence-electron chi connectivity index (χ4n) is 4.21. The fourth-order valence-corrected chi connectivity index (χ4v) is 4.21. The zero-order valence-electron chi connectivity index (χ0n) is 17.9. The average Bonchev–Trinajstić information content (AvgIpc) is 3.13. The molecular formula is C28H26N2O. The summed E-state index contributed by atoms with van der Waals surface area (Å²) in [4.78, 5) is 0. The maximum atomic E-state index is 5.26. The van der Waals surface area contributed by atoms with Gasteiger partial charge in [0.1, 0.15) is 5.75 Å². The van der Waals surface area contributed by atoms with Gasteiger partial charge in [-0.2, -0.15) is 0 Å². The van der Waals surface area contributed by atoms with Gasteiger partial charge in [0.15, 0.2) is 0 Å². The first kappa shape index (κ1) is 19.3. The van der Waals surface area contributed by atoms with E-state index >= 15 is 0 Å². The van der Waals surface area contributed by atoms with Crippen LogP contribution in [0.1, 0.15) is 18.1 Å². The van der Waals surface area contributed by atoms with E-state index in [9.17, 15) is 0 Å². The van der Waals surface area contributed by atoms with Gasteiger partial charge in [-0.05, 0) is 66.1 Å². The van der Waals surface area contributed by atoms with Crippen molar-refractivity contribution in [1.82, 2.24) is 4.57 Å². The predicted octanol–water partition coefficient (Wildman–Crippen LogP) is 7.16. The summed E-state index contributed by atoms with van der Waals surface area (Å²) in [5.41, 5.74) is 7.33. The van der Waals surface area contributed by atoms with E-state index in [4.69, 9.17) is 4.74 Å². The summed E-state index contributed by atoms with van der Waals surface area (Å²) >= 11 is 0. The Labute approximate surface area is 182 Å². The molecule has 0 aliphatic heterocycles. The summed E-state index contributed by atoms with van der Waals surface area (Å²) in [5.74, 6) is 0.857. The van der Waals surface area contributed by atoms with Crippen LogP contribution in [0.4, 0.5) is 11.4 Å². The van der Waals surface area contributed by atoms with Gasteiger partial charge in [0.05, 0.1) is 7.11 Å². The number of hydrogen-bond acceptors (Lipinski definition) is 2. The largest absolute Gasteiger partial charge is 0.497 e. The van der Waals surface area contributed by atoms with Crippen LogP contribution in [0.2, 0.25) is 0 Å². The van der Waals surface area contributed by atoms with Gasteiger partial charge in [0, 0.05) is 39.7 Å². The molecule has 0 saturated carbocycles. The van der Waals surface area contributed by atoms with Crippen molar-refractivity contribution in [1.29, 1.82) is 0 Å². The van der Waals surface area contributed by atoms with Crippen LogP contribution in [0.5, 0.6) is 5.75 Å². The molecule has 0 saturated heterocycles. The summed E-state index contributed by atoms with van der Waals surface area (Å²) in [7, 11) is 1.68. The van der Waals surface area contributed by atoms with Crippen molar-refractivity contribution in [2.45, 2.75) is 19.9 Å². The Morgan fingerprint density at radius 2 is 1.39 bits per heavy atom. The van der Waals surface area contributed by atoms with Gasteiger partial charge in [0.2, 0.25) is 0 Å². The number of aryl methyl sites for hydroxylation is 1. The van der Waals surface area contributed by atoms with Gasteiger partial charge in [-0.15, -0.1) is 0 Å². The lowest BCUT2D eigenvalue weighted by Crippen LogP contribution is -1.99. The maximum absolute atomic E-state index is 5.26. The van der Waals surface area contributed by atoms with Crippen LogP contribution < -0.4 is 10.1 Å². The van der Waals surface area contributed by atoms with Gasteiger partial charge >= 0.3 is 0 Å². The SMILES string of the molecule is CCc1ccc(Cn2c3ccccc3c3cc(Nc4ccc(OC)cc4)ccc32)cc1. The van der Waals surface area contributed by atoms with E-state index in [1.54, 1.807) is 7.11 Å². The Hall–Kier alpha value is -3.72. The number of benzene rings is 4. The molecule has 5 rings (SSSR count). The highest BCUT2D eigenvalue weighted by molar-refractivity contribution is 6.09. The quantitative estimate of drug-likeness (QED) is 0.324. The first-order chi connectivity index (χ1) is 15.2. The summed E-state index contributed by atoms with van der Waals surface area (Å²) < 4.78 is 7.68. The number of nitrogens with zero attached hydrogens (tertiary/aromatic N) is 1. The molecule has 0 fully saturated rings. The molecule has 3 heteroatoms. The van der Waals surface area contributed by atoms with E-state index in [0.29, 0.717) is 0 Å². The summed E-state index contributed by atoms with van der Waals surface area (Å²) in [5, 5.41) is 6.06. The Morgan fingerprint density at radius 1 is 0.710 bits per heavy atom. The zero-order valence-corrected chi connectivity index (χ0v) is 17.9. The van der Waals surface area contributed by atoms with Crippen LogP contribution in [0, 0.1) is 0 Å². The maximum Gasteiger partial charge on any atom is 0.119 e. The summed E-state index contributed by atoms with van der Waals surface area (Å²) in [6.45, 7) is 3.05. The lowest BCUT2D eigenvalue weighted by atomic mass is 10.1. The topological polar surface area (TPSA) is 26.2 Å². The van der Waals surface area contributed by atoms with Crippen LogP contribution >= 0.6 is 0 Å². The molecule has 0 amide bonds. The Kier molecular flexibility index (Phi) is 5.09. The third-order valence-electron chi connectivity index (χ3n) is 5.92. The van der Waals surface area contributed by atoms with Crippen molar-refractivity contribution in [2.75, 3.05) is 12.4 Å². The summed E-state index contributed by atoms with van der Waals surface area (Å²) in [6.07, 6.45) is 1.07. The Bertz CT molecular complexity index is 1330. The average molecular weight is 407 g/mol. The zero-order chi connectivity index (χ0) is 21.2. The van der Waals surface area contributed by atoms with Crippen LogP contribution in [-0.4, -0.2) is 11.7 Å². The van der Waals surface area contributed by atoms with Crippen molar-refractivity contribution in [3.8, 4) is 5.75 Å². The highest BCUT2D eigenvalue weighted by Gasteiger charge is 2.11. The second kappa shape index (κ2) is 8.19. The molecule has 154 valence electrons. The van der Waals surface area contributed by atoms with Crippen molar-refractivity contribution >= 4 is 33.2 Å². The number of ether oxygens (including phenoxy) is 1. The number of anilines is 2. The van der Waals surface area contributed by atoms with E-state index in [0.717, 1.165) is 30.1 Å². The Morgan fingerprint density at radius 3 is 2.13 bits per heavy atom. The van der Waals surface area contributed by atoms with Crippen LogP contribution in [0.15, 0.2) is 91.0 Å². The van der Waals surface area contributed by atoms with E-state index in [2.05, 4.69) is 83.5 Å². The van der Waals surface area contributed by atoms with E-state index in [1.807, 2.05) is 24.3 Å². The van der Waals surface area contributed by atoms with E-state index in [-0.39, 0.29) is 0 Å². The Balaban J connectivity index is 1.54. The predicted molar refractivity (Wildman–Crippen MR) is 131 cm³/mol. The molecule has 0 atom stereocenters. The molecule has 1 aromatic heterocycles. The van der Waals surface area contributed by atoms with Gasteiger partial charge in [-0.3, -0.25) is 0 Å². The number of nitrogens with one attached hydrogen (secondary N) is 1. The molecule has 0 aliphatic rings. The van der Waals surface area contributed by atoms with Crippen LogP contribution in [0.25, 0.3) is 21.8 Å². The molecule has 0 bridgehead atoms. The van der Waals surface area contributed by atoms with Gasteiger partial charge in [-0.25, -0.2) is 0 Å². The fraction of sp³-hybridized carbons (Fsp3) is 0.143. The number of aromatic nitrogens is 1. The monoisotopic (exact) mass is 406 g/mol. The molecule has 5 aromatic rings. The molecule has 31 heavy (non-hydrogen) atoms. The first-order valence-corrected chi connectivity index (χ1v) is 10.7. The number of para-hydroxylation sites is 1. The number of fused-ring (bicyclic) bond motifs is 3. The second-order valence-electron chi connectivity index (χ2n) is 7.86. The molecule has 0 unspecified atom stereocenters. The smallest absolute Gasteiger partial charge is 0.119 e.